The third kappa shape index (κ3) is 6.11. The van der Waals surface area contributed by atoms with E-state index in [9.17, 15) is 24.5 Å². The predicted molar refractivity (Wildman–Crippen MR) is 113 cm³/mol. The van der Waals surface area contributed by atoms with Gasteiger partial charge in [0, 0.05) is 25.2 Å². The largest absolute Gasteiger partial charge is 0.469 e. The molecule has 0 aliphatic heterocycles. The number of benzene rings is 2. The zero-order valence-corrected chi connectivity index (χ0v) is 17.8. The van der Waals surface area contributed by atoms with Crippen LogP contribution >= 0.6 is 0 Å². The number of hydrogen-bond acceptors (Lipinski definition) is 8. The minimum Gasteiger partial charge on any atom is -0.469 e. The monoisotopic (exact) mass is 444 g/mol. The summed E-state index contributed by atoms with van der Waals surface area (Å²) >= 11 is 0. The molecule has 10 heteroatoms. The third-order valence-electron chi connectivity index (χ3n) is 4.88. The summed E-state index contributed by atoms with van der Waals surface area (Å²) in [6, 6.07) is 12.7. The molecule has 0 unspecified atom stereocenters. The van der Waals surface area contributed by atoms with Crippen molar-refractivity contribution in [2.24, 2.45) is 0 Å². The first kappa shape index (κ1) is 24.5. The lowest BCUT2D eigenvalue weighted by Gasteiger charge is -2.27. The summed E-state index contributed by atoms with van der Waals surface area (Å²) in [5, 5.41) is 13.6. The summed E-state index contributed by atoms with van der Waals surface area (Å²) in [6.45, 7) is 0. The van der Waals surface area contributed by atoms with E-state index >= 15 is 0 Å². The highest BCUT2D eigenvalue weighted by molar-refractivity contribution is 5.89. The first-order valence-electron chi connectivity index (χ1n) is 9.59. The van der Waals surface area contributed by atoms with Gasteiger partial charge in [0.25, 0.3) is 11.6 Å². The number of hydrogen-bond donors (Lipinski definition) is 1. The lowest BCUT2D eigenvalue weighted by atomic mass is 9.88. The molecule has 0 saturated heterocycles. The van der Waals surface area contributed by atoms with Crippen LogP contribution in [0, 0.1) is 10.1 Å². The van der Waals surface area contributed by atoms with Crippen LogP contribution in [0.4, 0.5) is 5.69 Å². The van der Waals surface area contributed by atoms with Gasteiger partial charge in [-0.2, -0.15) is 0 Å². The van der Waals surface area contributed by atoms with Crippen LogP contribution in [0.1, 0.15) is 29.6 Å². The van der Waals surface area contributed by atoms with Crippen molar-refractivity contribution in [2.45, 2.75) is 24.5 Å². The molecule has 0 aromatic heterocycles. The normalized spacial score (nSPS) is 13.3. The molecule has 2 rings (SSSR count). The third-order valence-corrected chi connectivity index (χ3v) is 4.88. The van der Waals surface area contributed by atoms with Gasteiger partial charge in [-0.1, -0.05) is 42.5 Å². The Morgan fingerprint density at radius 3 is 2.06 bits per heavy atom. The fourth-order valence-corrected chi connectivity index (χ4v) is 3.24. The van der Waals surface area contributed by atoms with Gasteiger partial charge in [0.2, 0.25) is 0 Å². The number of nitro groups is 1. The number of carbonyl (C=O) groups is 3. The van der Waals surface area contributed by atoms with Gasteiger partial charge in [0.15, 0.2) is 6.10 Å². The van der Waals surface area contributed by atoms with E-state index in [4.69, 9.17) is 14.2 Å². The van der Waals surface area contributed by atoms with Crippen molar-refractivity contribution in [2.75, 3.05) is 21.3 Å². The zero-order valence-electron chi connectivity index (χ0n) is 17.8. The van der Waals surface area contributed by atoms with Crippen LogP contribution in [0.2, 0.25) is 0 Å². The predicted octanol–water partition coefficient (Wildman–Crippen LogP) is 2.29. The first-order valence-corrected chi connectivity index (χ1v) is 9.59. The number of esters is 2. The Morgan fingerprint density at radius 1 is 0.938 bits per heavy atom. The van der Waals surface area contributed by atoms with Gasteiger partial charge in [0.05, 0.1) is 25.6 Å². The van der Waals surface area contributed by atoms with Crippen LogP contribution in [0.25, 0.3) is 0 Å². The summed E-state index contributed by atoms with van der Waals surface area (Å²) in [7, 11) is 3.70. The van der Waals surface area contributed by atoms with Gasteiger partial charge in [-0.05, 0) is 11.1 Å². The lowest BCUT2D eigenvalue weighted by Crippen LogP contribution is -2.48. The lowest BCUT2D eigenvalue weighted by molar-refractivity contribution is -0.384. The fourth-order valence-electron chi connectivity index (χ4n) is 3.24. The highest BCUT2D eigenvalue weighted by atomic mass is 16.6. The average molecular weight is 444 g/mol. The second-order valence-electron chi connectivity index (χ2n) is 6.77. The standard InChI is InChI=1S/C22H24N2O8/c1-30-18(25)13-17(14-9-11-16(12-10-14)24(28)29)19(22(27)32-3)23-21(26)20(31-2)15-7-5-4-6-8-15/h4-12,17,19-20H,13H2,1-3H3,(H,23,26)/t17-,19+,20+/m1/s1. The highest BCUT2D eigenvalue weighted by Gasteiger charge is 2.36. The van der Waals surface area contributed by atoms with E-state index in [1.54, 1.807) is 30.3 Å². The molecule has 0 aliphatic carbocycles. The molecule has 3 atom stereocenters. The number of non-ortho nitro benzene ring substituents is 1. The van der Waals surface area contributed by atoms with Gasteiger partial charge < -0.3 is 19.5 Å². The smallest absolute Gasteiger partial charge is 0.329 e. The van der Waals surface area contributed by atoms with E-state index in [0.717, 1.165) is 7.11 Å². The molecule has 0 aliphatic rings. The molecular formula is C22H24N2O8. The van der Waals surface area contributed by atoms with Gasteiger partial charge in [-0.15, -0.1) is 0 Å². The van der Waals surface area contributed by atoms with Crippen LogP contribution in [0.5, 0.6) is 0 Å². The van der Waals surface area contributed by atoms with Crippen LogP contribution in [0.3, 0.4) is 0 Å². The SMILES string of the molecule is COC(=O)C[C@H](c1ccc([N+](=O)[O-])cc1)[C@H](NC(=O)[C@@H](OC)c1ccccc1)C(=O)OC. The fraction of sp³-hybridized carbons (Fsp3) is 0.318. The Bertz CT molecular complexity index is 946. The molecule has 0 bridgehead atoms. The molecule has 0 fully saturated rings. The van der Waals surface area contributed by atoms with Crippen molar-refractivity contribution in [3.05, 3.63) is 75.8 Å². The van der Waals surface area contributed by atoms with Crippen molar-refractivity contribution in [3.8, 4) is 0 Å². The van der Waals surface area contributed by atoms with Crippen molar-refractivity contribution < 1.29 is 33.5 Å². The number of carbonyl (C=O) groups excluding carboxylic acids is 3. The maximum Gasteiger partial charge on any atom is 0.329 e. The Hall–Kier alpha value is -3.79. The van der Waals surface area contributed by atoms with Crippen molar-refractivity contribution in [1.82, 2.24) is 5.32 Å². The quantitative estimate of drug-likeness (QED) is 0.335. The van der Waals surface area contributed by atoms with Crippen LogP contribution in [0.15, 0.2) is 54.6 Å². The number of amides is 1. The molecule has 0 heterocycles. The second-order valence-corrected chi connectivity index (χ2v) is 6.77. The number of ether oxygens (including phenoxy) is 3. The van der Waals surface area contributed by atoms with E-state index in [2.05, 4.69) is 5.32 Å². The van der Waals surface area contributed by atoms with E-state index in [1.807, 2.05) is 0 Å². The van der Waals surface area contributed by atoms with E-state index < -0.39 is 40.8 Å². The molecule has 0 saturated carbocycles. The number of nitro benzene ring substituents is 1. The summed E-state index contributed by atoms with van der Waals surface area (Å²) in [5.74, 6) is -2.96. The van der Waals surface area contributed by atoms with E-state index in [-0.39, 0.29) is 12.1 Å². The number of nitrogens with one attached hydrogen (secondary N) is 1. The molecule has 0 spiro atoms. The number of rotatable bonds is 10. The molecule has 1 N–H and O–H groups in total. The number of methoxy groups -OCH3 is 3. The molecule has 0 radical (unpaired) electrons. The van der Waals surface area contributed by atoms with E-state index in [0.29, 0.717) is 11.1 Å². The maximum absolute atomic E-state index is 13.0. The molecule has 1 amide bonds. The molecule has 2 aromatic carbocycles. The highest BCUT2D eigenvalue weighted by Crippen LogP contribution is 2.28. The Morgan fingerprint density at radius 2 is 1.56 bits per heavy atom. The second kappa shape index (κ2) is 11.6. The summed E-state index contributed by atoms with van der Waals surface area (Å²) < 4.78 is 14.9. The average Bonchev–Trinajstić information content (AvgIpc) is 2.81. The Kier molecular flexibility index (Phi) is 8.84. The molecule has 2 aromatic rings. The van der Waals surface area contributed by atoms with Gasteiger partial charge in [-0.3, -0.25) is 19.7 Å². The number of nitrogens with zero attached hydrogens (tertiary/aromatic N) is 1. The molecule has 32 heavy (non-hydrogen) atoms. The van der Waals surface area contributed by atoms with Crippen LogP contribution in [-0.2, 0) is 28.6 Å². The Balaban J connectivity index is 2.41. The minimum atomic E-state index is -1.28. The summed E-state index contributed by atoms with van der Waals surface area (Å²) in [4.78, 5) is 48.1. The van der Waals surface area contributed by atoms with Gasteiger partial charge >= 0.3 is 11.9 Å². The molecule has 10 nitrogen and oxygen atoms in total. The van der Waals surface area contributed by atoms with Crippen LogP contribution < -0.4 is 5.32 Å². The van der Waals surface area contributed by atoms with Crippen LogP contribution in [-0.4, -0.2) is 50.1 Å². The molecule has 170 valence electrons. The minimum absolute atomic E-state index is 0.159. The van der Waals surface area contributed by atoms with Crippen molar-refractivity contribution in [3.63, 3.8) is 0 Å². The first-order chi connectivity index (χ1) is 15.3. The van der Waals surface area contributed by atoms with Gasteiger partial charge in [-0.25, -0.2) is 4.79 Å². The zero-order chi connectivity index (χ0) is 23.7. The van der Waals surface area contributed by atoms with Gasteiger partial charge in [0.1, 0.15) is 6.04 Å². The van der Waals surface area contributed by atoms with Crippen molar-refractivity contribution in [1.29, 1.82) is 0 Å². The molecular weight excluding hydrogens is 420 g/mol. The topological polar surface area (TPSA) is 134 Å². The maximum atomic E-state index is 13.0. The van der Waals surface area contributed by atoms with Crippen molar-refractivity contribution >= 4 is 23.5 Å². The Labute approximate surface area is 184 Å². The summed E-state index contributed by atoms with van der Waals surface area (Å²) in [5.41, 5.74) is 0.814. The summed E-state index contributed by atoms with van der Waals surface area (Å²) in [6.07, 6.45) is -1.30. The van der Waals surface area contributed by atoms with E-state index in [1.165, 1.54) is 38.5 Å².